The molecule has 4 rings (SSSR count). The van der Waals surface area contributed by atoms with Gasteiger partial charge in [0.2, 0.25) is 5.91 Å². The molecule has 1 aliphatic rings. The van der Waals surface area contributed by atoms with Gasteiger partial charge in [-0.25, -0.2) is 4.98 Å². The molecule has 4 nitrogen and oxygen atoms in total. The molecule has 25 heavy (non-hydrogen) atoms. The Morgan fingerprint density at radius 2 is 1.80 bits per heavy atom. The van der Waals surface area contributed by atoms with Crippen LogP contribution in [0.2, 0.25) is 0 Å². The van der Waals surface area contributed by atoms with Crippen LogP contribution < -0.4 is 0 Å². The van der Waals surface area contributed by atoms with Crippen LogP contribution in [0.25, 0.3) is 16.7 Å². The number of aryl methyl sites for hydroxylation is 1. The Hall–Kier alpha value is -2.27. The molecule has 0 unspecified atom stereocenters. The van der Waals surface area contributed by atoms with E-state index in [-0.39, 0.29) is 5.91 Å². The minimum Gasteiger partial charge on any atom is -0.342 e. The number of hydrogen-bond donors (Lipinski definition) is 0. The smallest absolute Gasteiger partial charge is 0.233 e. The lowest BCUT2D eigenvalue weighted by atomic mass is 10.2. The topological polar surface area (TPSA) is 38.1 Å². The molecule has 3 aromatic rings. The first-order valence-corrected chi connectivity index (χ1v) is 9.66. The maximum atomic E-state index is 12.4. The quantitative estimate of drug-likeness (QED) is 0.666. The molecule has 5 heteroatoms. The van der Waals surface area contributed by atoms with Crippen LogP contribution >= 0.6 is 11.8 Å². The van der Waals surface area contributed by atoms with E-state index in [2.05, 4.69) is 41.8 Å². The third kappa shape index (κ3) is 3.29. The molecule has 128 valence electrons. The number of carbonyl (C=O) groups excluding carboxylic acids is 1. The molecule has 1 aromatic heterocycles. The largest absolute Gasteiger partial charge is 0.342 e. The lowest BCUT2D eigenvalue weighted by Gasteiger charge is -2.15. The van der Waals surface area contributed by atoms with Gasteiger partial charge in [0.15, 0.2) is 5.16 Å². The predicted molar refractivity (Wildman–Crippen MR) is 102 cm³/mol. The minimum absolute atomic E-state index is 0.213. The SMILES string of the molecule is Cc1ccc(-n2c(SCC(=O)N3CCCC3)nc3ccccc32)cc1. The van der Waals surface area contributed by atoms with Crippen LogP contribution in [0.3, 0.4) is 0 Å². The highest BCUT2D eigenvalue weighted by atomic mass is 32.2. The molecule has 0 bridgehead atoms. The average Bonchev–Trinajstić information content (AvgIpc) is 3.28. The summed E-state index contributed by atoms with van der Waals surface area (Å²) in [6.45, 7) is 3.88. The van der Waals surface area contributed by atoms with E-state index in [1.807, 2.05) is 23.1 Å². The number of nitrogens with zero attached hydrogens (tertiary/aromatic N) is 3. The van der Waals surface area contributed by atoms with Gasteiger partial charge in [-0.1, -0.05) is 41.6 Å². The number of imidazole rings is 1. The number of rotatable bonds is 4. The van der Waals surface area contributed by atoms with Crippen molar-refractivity contribution in [2.75, 3.05) is 18.8 Å². The van der Waals surface area contributed by atoms with Gasteiger partial charge in [0.1, 0.15) is 0 Å². The molecule has 1 amide bonds. The maximum absolute atomic E-state index is 12.4. The van der Waals surface area contributed by atoms with E-state index in [0.717, 1.165) is 47.8 Å². The summed E-state index contributed by atoms with van der Waals surface area (Å²) in [5, 5.41) is 0.873. The second-order valence-electron chi connectivity index (χ2n) is 6.43. The fourth-order valence-electron chi connectivity index (χ4n) is 3.23. The first kappa shape index (κ1) is 16.2. The van der Waals surface area contributed by atoms with Gasteiger partial charge in [-0.15, -0.1) is 0 Å². The summed E-state index contributed by atoms with van der Waals surface area (Å²) in [4.78, 5) is 19.1. The molecule has 2 aromatic carbocycles. The number of hydrogen-bond acceptors (Lipinski definition) is 3. The van der Waals surface area contributed by atoms with E-state index >= 15 is 0 Å². The molecule has 0 saturated carbocycles. The summed E-state index contributed by atoms with van der Waals surface area (Å²) >= 11 is 1.53. The van der Waals surface area contributed by atoms with Crippen molar-refractivity contribution >= 4 is 28.7 Å². The molecule has 1 saturated heterocycles. The van der Waals surface area contributed by atoms with Gasteiger partial charge in [-0.2, -0.15) is 0 Å². The molecule has 1 fully saturated rings. The zero-order valence-corrected chi connectivity index (χ0v) is 15.1. The second kappa shape index (κ2) is 6.92. The van der Waals surface area contributed by atoms with Crippen molar-refractivity contribution in [3.8, 4) is 5.69 Å². The summed E-state index contributed by atoms with van der Waals surface area (Å²) in [7, 11) is 0. The van der Waals surface area contributed by atoms with E-state index in [4.69, 9.17) is 4.98 Å². The van der Waals surface area contributed by atoms with E-state index in [9.17, 15) is 4.79 Å². The fraction of sp³-hybridized carbons (Fsp3) is 0.300. The Morgan fingerprint density at radius 1 is 1.08 bits per heavy atom. The zero-order valence-electron chi connectivity index (χ0n) is 14.3. The number of fused-ring (bicyclic) bond motifs is 1. The molecule has 0 aliphatic carbocycles. The number of carbonyl (C=O) groups is 1. The summed E-state index contributed by atoms with van der Waals surface area (Å²) in [6.07, 6.45) is 2.25. The van der Waals surface area contributed by atoms with Gasteiger partial charge in [-0.3, -0.25) is 9.36 Å². The van der Waals surface area contributed by atoms with Crippen LogP contribution in [0, 0.1) is 6.92 Å². The van der Waals surface area contributed by atoms with Gasteiger partial charge >= 0.3 is 0 Å². The van der Waals surface area contributed by atoms with Gasteiger partial charge in [0.25, 0.3) is 0 Å². The van der Waals surface area contributed by atoms with Crippen molar-refractivity contribution in [1.82, 2.24) is 14.5 Å². The van der Waals surface area contributed by atoms with Gasteiger partial charge in [-0.05, 0) is 44.0 Å². The molecule has 2 heterocycles. The average molecular weight is 351 g/mol. The lowest BCUT2D eigenvalue weighted by Crippen LogP contribution is -2.29. The summed E-state index contributed by atoms with van der Waals surface area (Å²) in [5.74, 6) is 0.653. The van der Waals surface area contributed by atoms with Crippen molar-refractivity contribution < 1.29 is 4.79 Å². The summed E-state index contributed by atoms with van der Waals surface area (Å²) in [6, 6.07) is 16.5. The number of likely N-dealkylation sites (tertiary alicyclic amines) is 1. The van der Waals surface area contributed by atoms with Crippen LogP contribution in [0.4, 0.5) is 0 Å². The Labute approximate surface area is 151 Å². The second-order valence-corrected chi connectivity index (χ2v) is 7.37. The number of benzene rings is 2. The Bertz CT molecular complexity index is 895. The highest BCUT2D eigenvalue weighted by molar-refractivity contribution is 7.99. The highest BCUT2D eigenvalue weighted by Gasteiger charge is 2.20. The maximum Gasteiger partial charge on any atom is 0.233 e. The Balaban J connectivity index is 1.66. The molecule has 0 spiro atoms. The van der Waals surface area contributed by atoms with E-state index in [1.54, 1.807) is 0 Å². The molecule has 0 radical (unpaired) electrons. The summed E-state index contributed by atoms with van der Waals surface area (Å²) < 4.78 is 2.15. The van der Waals surface area contributed by atoms with Gasteiger partial charge in [0.05, 0.1) is 16.8 Å². The van der Waals surface area contributed by atoms with E-state index < -0.39 is 0 Å². The summed E-state index contributed by atoms with van der Waals surface area (Å²) in [5.41, 5.74) is 4.34. The minimum atomic E-state index is 0.213. The molecular weight excluding hydrogens is 330 g/mol. The fourth-order valence-corrected chi connectivity index (χ4v) is 4.16. The van der Waals surface area contributed by atoms with Crippen LogP contribution in [-0.4, -0.2) is 39.2 Å². The third-order valence-electron chi connectivity index (χ3n) is 4.61. The lowest BCUT2D eigenvalue weighted by molar-refractivity contribution is -0.127. The van der Waals surface area contributed by atoms with Crippen LogP contribution in [0.1, 0.15) is 18.4 Å². The molecule has 0 atom stereocenters. The van der Waals surface area contributed by atoms with Crippen molar-refractivity contribution in [3.05, 3.63) is 54.1 Å². The first-order chi connectivity index (χ1) is 12.2. The molecule has 1 aliphatic heterocycles. The number of aromatic nitrogens is 2. The van der Waals surface area contributed by atoms with Gasteiger partial charge < -0.3 is 4.90 Å². The third-order valence-corrected chi connectivity index (χ3v) is 5.53. The van der Waals surface area contributed by atoms with Crippen molar-refractivity contribution in [2.24, 2.45) is 0 Å². The predicted octanol–water partition coefficient (Wildman–Crippen LogP) is 4.05. The Morgan fingerprint density at radius 3 is 2.56 bits per heavy atom. The van der Waals surface area contributed by atoms with Crippen molar-refractivity contribution in [3.63, 3.8) is 0 Å². The van der Waals surface area contributed by atoms with Crippen molar-refractivity contribution in [1.29, 1.82) is 0 Å². The van der Waals surface area contributed by atoms with E-state index in [0.29, 0.717) is 5.75 Å². The number of thioether (sulfide) groups is 1. The first-order valence-electron chi connectivity index (χ1n) is 8.67. The standard InChI is InChI=1S/C20H21N3OS/c1-15-8-10-16(11-9-15)23-18-7-3-2-6-17(18)21-20(23)25-14-19(24)22-12-4-5-13-22/h2-3,6-11H,4-5,12-14H2,1H3. The van der Waals surface area contributed by atoms with Gasteiger partial charge in [0, 0.05) is 18.8 Å². The van der Waals surface area contributed by atoms with Crippen LogP contribution in [0.15, 0.2) is 53.7 Å². The number of amides is 1. The normalized spacial score (nSPS) is 14.4. The van der Waals surface area contributed by atoms with Crippen LogP contribution in [0.5, 0.6) is 0 Å². The van der Waals surface area contributed by atoms with Crippen molar-refractivity contribution in [2.45, 2.75) is 24.9 Å². The van der Waals surface area contributed by atoms with E-state index in [1.165, 1.54) is 17.3 Å². The zero-order chi connectivity index (χ0) is 17.2. The highest BCUT2D eigenvalue weighted by Crippen LogP contribution is 2.28. The van der Waals surface area contributed by atoms with Crippen LogP contribution in [-0.2, 0) is 4.79 Å². The number of para-hydroxylation sites is 2. The monoisotopic (exact) mass is 351 g/mol. The molecule has 0 N–H and O–H groups in total. The Kier molecular flexibility index (Phi) is 4.49. The molecular formula is C20H21N3OS.